The molecule has 0 saturated carbocycles. The summed E-state index contributed by atoms with van der Waals surface area (Å²) in [5, 5.41) is 18.4. The van der Waals surface area contributed by atoms with Gasteiger partial charge in [0.15, 0.2) is 6.10 Å². The highest BCUT2D eigenvalue weighted by Gasteiger charge is 2.27. The van der Waals surface area contributed by atoms with Gasteiger partial charge in [-0.05, 0) is 83.5 Å². The molecule has 0 aliphatic carbocycles. The smallest absolute Gasteiger partial charge is 0.462 e. The van der Waals surface area contributed by atoms with Crippen LogP contribution in [-0.2, 0) is 32.7 Å². The zero-order valence-corrected chi connectivity index (χ0v) is 39.0. The molecule has 1 unspecified atom stereocenters. The third kappa shape index (κ3) is 45.0. The minimum absolute atomic E-state index is 0.0936. The second kappa shape index (κ2) is 45.2. The molecule has 0 aromatic carbocycles. The summed E-state index contributed by atoms with van der Waals surface area (Å²) in [6.07, 6.45) is 54.2. The third-order valence-corrected chi connectivity index (χ3v) is 10.5. The Morgan fingerprint density at radius 1 is 0.492 bits per heavy atom. The molecule has 0 heterocycles. The predicted octanol–water partition coefficient (Wildman–Crippen LogP) is 13.0. The van der Waals surface area contributed by atoms with Crippen LogP contribution in [0.15, 0.2) is 85.1 Å². The first-order valence-corrected chi connectivity index (χ1v) is 25.0. The number of aliphatic hydroxyl groups excluding tert-OH is 2. The summed E-state index contributed by atoms with van der Waals surface area (Å²) in [4.78, 5) is 35.0. The number of carbonyl (C=O) groups excluding carboxylic acids is 2. The fraction of sp³-hybridized carbons (Fsp3) is 0.680. The minimum atomic E-state index is -4.65. The van der Waals surface area contributed by atoms with Gasteiger partial charge in [0.25, 0.3) is 0 Å². The van der Waals surface area contributed by atoms with Crippen LogP contribution in [0, 0.1) is 0 Å². The Hall–Kier alpha value is -2.85. The van der Waals surface area contributed by atoms with Crippen molar-refractivity contribution in [2.24, 2.45) is 0 Å². The number of phosphoric ester groups is 1. The molecule has 0 rings (SSSR count). The molecule has 11 heteroatoms. The SMILES string of the molecule is CCCCCCCC/C=C/C/C=C/C/C=C/CCCC(=O)OC[C@H](COP(=O)(O)OC[C@@H](O)CO)OC(=O)CCC/C=C/C/C=C/C/C=C/C/C=C/CCCCCCCCC. The molecule has 0 aromatic rings. The van der Waals surface area contributed by atoms with Gasteiger partial charge >= 0.3 is 19.8 Å². The van der Waals surface area contributed by atoms with Crippen LogP contribution in [0.3, 0.4) is 0 Å². The number of allylic oxidation sites excluding steroid dienone is 14. The van der Waals surface area contributed by atoms with Crippen molar-refractivity contribution < 1.29 is 47.8 Å². The molecule has 0 aliphatic rings. The number of phosphoric acid groups is 1. The Balaban J connectivity index is 4.44. The molecule has 3 N–H and O–H groups in total. The van der Waals surface area contributed by atoms with E-state index in [2.05, 4.69) is 85.2 Å². The van der Waals surface area contributed by atoms with Crippen LogP contribution in [0.2, 0.25) is 0 Å². The van der Waals surface area contributed by atoms with E-state index in [4.69, 9.17) is 19.1 Å². The quantitative estimate of drug-likeness (QED) is 0.0234. The normalized spacial score (nSPS) is 14.5. The molecule has 0 spiro atoms. The lowest BCUT2D eigenvalue weighted by molar-refractivity contribution is -0.161. The van der Waals surface area contributed by atoms with Gasteiger partial charge in [0.1, 0.15) is 12.7 Å². The monoisotopic (exact) mass is 877 g/mol. The van der Waals surface area contributed by atoms with Crippen molar-refractivity contribution in [3.8, 4) is 0 Å². The van der Waals surface area contributed by atoms with E-state index < -0.39 is 51.8 Å². The van der Waals surface area contributed by atoms with Gasteiger partial charge in [-0.15, -0.1) is 0 Å². The average Bonchev–Trinajstić information content (AvgIpc) is 3.25. The van der Waals surface area contributed by atoms with Gasteiger partial charge in [0.05, 0.1) is 19.8 Å². The van der Waals surface area contributed by atoms with Crippen LogP contribution >= 0.6 is 7.82 Å². The van der Waals surface area contributed by atoms with Crippen molar-refractivity contribution in [1.82, 2.24) is 0 Å². The number of unbranched alkanes of at least 4 members (excludes halogenated alkanes) is 15. The van der Waals surface area contributed by atoms with Gasteiger partial charge < -0.3 is 24.6 Å². The summed E-state index contributed by atoms with van der Waals surface area (Å²) in [7, 11) is -4.65. The number of rotatable bonds is 43. The van der Waals surface area contributed by atoms with E-state index in [0.29, 0.717) is 25.7 Å². The van der Waals surface area contributed by atoms with Crippen molar-refractivity contribution in [1.29, 1.82) is 0 Å². The Bertz CT molecular complexity index is 1280. The van der Waals surface area contributed by atoms with E-state index >= 15 is 0 Å². The van der Waals surface area contributed by atoms with E-state index in [0.717, 1.165) is 38.5 Å². The Morgan fingerprint density at radius 2 is 0.852 bits per heavy atom. The zero-order chi connectivity index (χ0) is 44.8. The first-order chi connectivity index (χ1) is 29.7. The molecule has 350 valence electrons. The van der Waals surface area contributed by atoms with Gasteiger partial charge in [-0.1, -0.05) is 170 Å². The summed E-state index contributed by atoms with van der Waals surface area (Å²) < 4.78 is 32.6. The predicted molar refractivity (Wildman–Crippen MR) is 251 cm³/mol. The van der Waals surface area contributed by atoms with Crippen LogP contribution < -0.4 is 0 Å². The third-order valence-electron chi connectivity index (χ3n) is 9.52. The van der Waals surface area contributed by atoms with Crippen molar-refractivity contribution in [2.45, 2.75) is 193 Å². The Kier molecular flexibility index (Phi) is 43.1. The number of esters is 2. The number of ether oxygens (including phenoxy) is 2. The topological polar surface area (TPSA) is 149 Å². The van der Waals surface area contributed by atoms with Crippen molar-refractivity contribution in [3.05, 3.63) is 85.1 Å². The summed E-state index contributed by atoms with van der Waals surface area (Å²) in [5.74, 6) is -1.06. The number of hydrogen-bond acceptors (Lipinski definition) is 9. The van der Waals surface area contributed by atoms with Gasteiger partial charge in [-0.3, -0.25) is 18.6 Å². The lowest BCUT2D eigenvalue weighted by Gasteiger charge is -2.20. The fourth-order valence-electron chi connectivity index (χ4n) is 5.88. The summed E-state index contributed by atoms with van der Waals surface area (Å²) in [5.41, 5.74) is 0. The summed E-state index contributed by atoms with van der Waals surface area (Å²) in [6, 6.07) is 0. The first-order valence-electron chi connectivity index (χ1n) is 23.5. The molecule has 0 fully saturated rings. The summed E-state index contributed by atoms with van der Waals surface area (Å²) >= 11 is 0. The molecule has 0 radical (unpaired) electrons. The lowest BCUT2D eigenvalue weighted by atomic mass is 10.1. The zero-order valence-electron chi connectivity index (χ0n) is 38.1. The van der Waals surface area contributed by atoms with Crippen LogP contribution in [0.4, 0.5) is 0 Å². The molecule has 10 nitrogen and oxygen atoms in total. The van der Waals surface area contributed by atoms with Crippen LogP contribution in [-0.4, -0.2) is 65.7 Å². The van der Waals surface area contributed by atoms with Gasteiger partial charge in [-0.2, -0.15) is 0 Å². The molecule has 0 aromatic heterocycles. The van der Waals surface area contributed by atoms with E-state index in [9.17, 15) is 24.2 Å². The maximum absolute atomic E-state index is 12.6. The van der Waals surface area contributed by atoms with Gasteiger partial charge in [0.2, 0.25) is 0 Å². The Morgan fingerprint density at radius 3 is 1.28 bits per heavy atom. The van der Waals surface area contributed by atoms with Gasteiger partial charge in [0, 0.05) is 12.8 Å². The Labute approximate surface area is 371 Å². The molecule has 0 aliphatic heterocycles. The molecule has 0 bridgehead atoms. The van der Waals surface area contributed by atoms with E-state index in [1.165, 1.54) is 89.9 Å². The maximum Gasteiger partial charge on any atom is 0.472 e. The highest BCUT2D eigenvalue weighted by atomic mass is 31.2. The van der Waals surface area contributed by atoms with E-state index in [1.807, 2.05) is 18.2 Å². The van der Waals surface area contributed by atoms with Crippen molar-refractivity contribution in [2.75, 3.05) is 26.4 Å². The second-order valence-electron chi connectivity index (χ2n) is 15.4. The van der Waals surface area contributed by atoms with E-state index in [-0.39, 0.29) is 19.4 Å². The largest absolute Gasteiger partial charge is 0.472 e. The van der Waals surface area contributed by atoms with Crippen LogP contribution in [0.1, 0.15) is 181 Å². The van der Waals surface area contributed by atoms with E-state index in [1.54, 1.807) is 0 Å². The first kappa shape index (κ1) is 58.1. The fourth-order valence-corrected chi connectivity index (χ4v) is 6.67. The standard InChI is InChI=1S/C50H85O10P/c1-3-5-7-9-11-13-15-17-19-21-22-23-24-26-28-30-32-34-36-38-40-42-50(54)60-48(46-59-61(55,56)58-44-47(52)43-51)45-57-49(53)41-39-37-35-33-31-29-27-25-20-18-16-14-12-10-8-6-4-2/h18-21,23-24,27-30,33-36,47-48,51-52H,3-17,22,25-26,31-32,37-46H2,1-2H3,(H,55,56)/b20-18+,21-19+,24-23+,29-27+,30-28+,35-33+,36-34+/t47-,48+/m0/s1. The average molecular weight is 877 g/mol. The highest BCUT2D eigenvalue weighted by Crippen LogP contribution is 2.43. The number of carbonyl (C=O) groups is 2. The molecule has 0 saturated heterocycles. The molecule has 3 atom stereocenters. The van der Waals surface area contributed by atoms with Crippen LogP contribution in [0.5, 0.6) is 0 Å². The number of hydrogen-bond donors (Lipinski definition) is 3. The maximum atomic E-state index is 12.6. The molecule has 61 heavy (non-hydrogen) atoms. The minimum Gasteiger partial charge on any atom is -0.462 e. The molecular weight excluding hydrogens is 792 g/mol. The lowest BCUT2D eigenvalue weighted by Crippen LogP contribution is -2.29. The van der Waals surface area contributed by atoms with Crippen LogP contribution in [0.25, 0.3) is 0 Å². The van der Waals surface area contributed by atoms with Crippen molar-refractivity contribution >= 4 is 19.8 Å². The highest BCUT2D eigenvalue weighted by molar-refractivity contribution is 7.47. The van der Waals surface area contributed by atoms with Gasteiger partial charge in [-0.25, -0.2) is 4.57 Å². The second-order valence-corrected chi connectivity index (χ2v) is 16.9. The molecule has 0 amide bonds. The van der Waals surface area contributed by atoms with Crippen molar-refractivity contribution in [3.63, 3.8) is 0 Å². The number of aliphatic hydroxyl groups is 2. The summed E-state index contributed by atoms with van der Waals surface area (Å²) in [6.45, 7) is 2.25. The molecular formula is C50H85O10P.